The van der Waals surface area contributed by atoms with Crippen molar-refractivity contribution in [1.82, 2.24) is 15.3 Å². The Morgan fingerprint density at radius 1 is 1.35 bits per heavy atom. The Hall–Kier alpha value is -2.31. The first-order valence-corrected chi connectivity index (χ1v) is 7.84. The maximum absolute atomic E-state index is 11.8. The van der Waals surface area contributed by atoms with Crippen molar-refractivity contribution in [3.63, 3.8) is 0 Å². The van der Waals surface area contributed by atoms with Crippen molar-refractivity contribution >= 4 is 23.0 Å². The molecule has 1 aliphatic rings. The molecule has 3 heterocycles. The molecule has 0 spiro atoms. The van der Waals surface area contributed by atoms with Crippen LogP contribution in [0.1, 0.15) is 33.6 Å². The first-order chi connectivity index (χ1) is 10.9. The van der Waals surface area contributed by atoms with E-state index in [2.05, 4.69) is 20.2 Å². The first kappa shape index (κ1) is 15.6. The molecule has 1 aliphatic heterocycles. The highest BCUT2D eigenvalue weighted by Crippen LogP contribution is 2.26. The number of fused-ring (bicyclic) bond motifs is 1. The second-order valence-electron chi connectivity index (χ2n) is 6.80. The van der Waals surface area contributed by atoms with E-state index in [1.165, 1.54) is 6.33 Å². The predicted octanol–water partition coefficient (Wildman–Crippen LogP) is 2.72. The van der Waals surface area contributed by atoms with Gasteiger partial charge in [0.05, 0.1) is 11.6 Å². The standard InChI is InChI=1S/C16H22N4O3/c1-16(2,3)19-15(21)23-11-4-7-20(8-5-11)13-12-6-9-22-14(12)18-10-17-13/h6,9-11H,4-5,7-8H2,1-3H3,(H,19,21). The maximum Gasteiger partial charge on any atom is 0.407 e. The number of carbonyl (C=O) groups excluding carboxylic acids is 1. The van der Waals surface area contributed by atoms with E-state index in [9.17, 15) is 4.79 Å². The third-order valence-electron chi connectivity index (χ3n) is 3.73. The third-order valence-corrected chi connectivity index (χ3v) is 3.73. The van der Waals surface area contributed by atoms with Crippen molar-refractivity contribution in [2.45, 2.75) is 45.3 Å². The molecule has 0 unspecified atom stereocenters. The highest BCUT2D eigenvalue weighted by atomic mass is 16.6. The zero-order chi connectivity index (χ0) is 16.4. The monoisotopic (exact) mass is 318 g/mol. The smallest absolute Gasteiger partial charge is 0.407 e. The molecule has 0 saturated carbocycles. The van der Waals surface area contributed by atoms with Gasteiger partial charge >= 0.3 is 6.09 Å². The lowest BCUT2D eigenvalue weighted by Gasteiger charge is -2.33. The molecule has 1 fully saturated rings. The van der Waals surface area contributed by atoms with Gasteiger partial charge in [0.15, 0.2) is 0 Å². The topological polar surface area (TPSA) is 80.5 Å². The molecule has 1 N–H and O–H groups in total. The predicted molar refractivity (Wildman–Crippen MR) is 86.4 cm³/mol. The molecule has 7 nitrogen and oxygen atoms in total. The van der Waals surface area contributed by atoms with E-state index in [0.29, 0.717) is 5.71 Å². The minimum atomic E-state index is -0.352. The number of nitrogens with zero attached hydrogens (tertiary/aromatic N) is 3. The number of amides is 1. The van der Waals surface area contributed by atoms with Gasteiger partial charge in [0.2, 0.25) is 5.71 Å². The van der Waals surface area contributed by atoms with Crippen LogP contribution < -0.4 is 10.2 Å². The van der Waals surface area contributed by atoms with Crippen molar-refractivity contribution in [3.05, 3.63) is 18.7 Å². The fourth-order valence-electron chi connectivity index (χ4n) is 2.70. The van der Waals surface area contributed by atoms with Crippen LogP contribution in [0.2, 0.25) is 0 Å². The van der Waals surface area contributed by atoms with Gasteiger partial charge in [-0.05, 0) is 26.8 Å². The lowest BCUT2D eigenvalue weighted by atomic mass is 10.1. The molecule has 124 valence electrons. The summed E-state index contributed by atoms with van der Waals surface area (Å²) in [5.74, 6) is 0.876. The Morgan fingerprint density at radius 2 is 2.09 bits per heavy atom. The van der Waals surface area contributed by atoms with Gasteiger partial charge in [0.25, 0.3) is 0 Å². The molecule has 7 heteroatoms. The van der Waals surface area contributed by atoms with Crippen LogP contribution in [0.4, 0.5) is 10.6 Å². The second kappa shape index (κ2) is 6.06. The summed E-state index contributed by atoms with van der Waals surface area (Å²) in [6.07, 6.45) is 4.28. The van der Waals surface area contributed by atoms with E-state index in [-0.39, 0.29) is 17.7 Å². The van der Waals surface area contributed by atoms with E-state index in [4.69, 9.17) is 9.15 Å². The zero-order valence-electron chi connectivity index (χ0n) is 13.7. The number of hydrogen-bond acceptors (Lipinski definition) is 6. The van der Waals surface area contributed by atoms with Crippen molar-refractivity contribution < 1.29 is 13.9 Å². The molecule has 23 heavy (non-hydrogen) atoms. The summed E-state index contributed by atoms with van der Waals surface area (Å²) in [5, 5.41) is 3.74. The van der Waals surface area contributed by atoms with Crippen LogP contribution in [0.15, 0.2) is 23.1 Å². The number of aromatic nitrogens is 2. The van der Waals surface area contributed by atoms with Crippen LogP contribution in [0.3, 0.4) is 0 Å². The highest BCUT2D eigenvalue weighted by molar-refractivity contribution is 5.85. The van der Waals surface area contributed by atoms with Crippen LogP contribution in [0.25, 0.3) is 11.1 Å². The summed E-state index contributed by atoms with van der Waals surface area (Å²) in [7, 11) is 0. The molecule has 0 atom stereocenters. The van der Waals surface area contributed by atoms with Gasteiger partial charge in [0, 0.05) is 31.5 Å². The number of nitrogens with one attached hydrogen (secondary N) is 1. The summed E-state index contributed by atoms with van der Waals surface area (Å²) < 4.78 is 10.8. The first-order valence-electron chi connectivity index (χ1n) is 7.84. The molecule has 0 aliphatic carbocycles. The van der Waals surface area contributed by atoms with Gasteiger partial charge in [-0.3, -0.25) is 0 Å². The number of furan rings is 1. The third kappa shape index (κ3) is 3.72. The van der Waals surface area contributed by atoms with E-state index in [0.717, 1.165) is 37.1 Å². The highest BCUT2D eigenvalue weighted by Gasteiger charge is 2.25. The number of hydrogen-bond donors (Lipinski definition) is 1. The van der Waals surface area contributed by atoms with E-state index in [1.54, 1.807) is 6.26 Å². The normalized spacial score (nSPS) is 16.6. The average Bonchev–Trinajstić information content (AvgIpc) is 2.94. The summed E-state index contributed by atoms with van der Waals surface area (Å²) in [5.41, 5.74) is 0.309. The molecule has 3 rings (SSSR count). The Bertz CT molecular complexity index is 684. The van der Waals surface area contributed by atoms with Gasteiger partial charge in [-0.15, -0.1) is 0 Å². The molecule has 1 amide bonds. The molecule has 2 aromatic rings. The summed E-state index contributed by atoms with van der Waals surface area (Å²) in [6.45, 7) is 7.36. The van der Waals surface area contributed by atoms with Gasteiger partial charge in [0.1, 0.15) is 18.2 Å². The molecule has 0 aromatic carbocycles. The molecule has 0 radical (unpaired) electrons. The van der Waals surface area contributed by atoms with Crippen LogP contribution in [0.5, 0.6) is 0 Å². The molecule has 2 aromatic heterocycles. The largest absolute Gasteiger partial charge is 0.446 e. The van der Waals surface area contributed by atoms with E-state index < -0.39 is 0 Å². The van der Waals surface area contributed by atoms with Crippen LogP contribution in [-0.2, 0) is 4.74 Å². The van der Waals surface area contributed by atoms with Gasteiger partial charge in [-0.25, -0.2) is 14.8 Å². The van der Waals surface area contributed by atoms with Crippen molar-refractivity contribution in [1.29, 1.82) is 0 Å². The van der Waals surface area contributed by atoms with Crippen LogP contribution in [-0.4, -0.2) is 40.8 Å². The Kier molecular flexibility index (Phi) is 4.11. The van der Waals surface area contributed by atoms with Crippen molar-refractivity contribution in [2.75, 3.05) is 18.0 Å². The molecule has 0 bridgehead atoms. The number of carbonyl (C=O) groups is 1. The lowest BCUT2D eigenvalue weighted by Crippen LogP contribution is -2.44. The van der Waals surface area contributed by atoms with Gasteiger partial charge in [-0.2, -0.15) is 0 Å². The number of alkyl carbamates (subject to hydrolysis) is 1. The second-order valence-corrected chi connectivity index (χ2v) is 6.80. The summed E-state index contributed by atoms with van der Waals surface area (Å²) in [4.78, 5) is 22.5. The average molecular weight is 318 g/mol. The van der Waals surface area contributed by atoms with Gasteiger partial charge in [-0.1, -0.05) is 0 Å². The molecular formula is C16H22N4O3. The van der Waals surface area contributed by atoms with Crippen LogP contribution >= 0.6 is 0 Å². The zero-order valence-corrected chi connectivity index (χ0v) is 13.7. The molecular weight excluding hydrogens is 296 g/mol. The fraction of sp³-hybridized carbons (Fsp3) is 0.562. The van der Waals surface area contributed by atoms with E-state index >= 15 is 0 Å². The lowest BCUT2D eigenvalue weighted by molar-refractivity contribution is 0.0776. The van der Waals surface area contributed by atoms with Crippen molar-refractivity contribution in [3.8, 4) is 0 Å². The maximum atomic E-state index is 11.8. The SMILES string of the molecule is CC(C)(C)NC(=O)OC1CCN(c2ncnc3occc23)CC1. The number of rotatable bonds is 2. The number of ether oxygens (including phenoxy) is 1. The number of piperidine rings is 1. The fourth-order valence-corrected chi connectivity index (χ4v) is 2.70. The Balaban J connectivity index is 1.58. The summed E-state index contributed by atoms with van der Waals surface area (Å²) in [6, 6.07) is 1.88. The molecule has 1 saturated heterocycles. The number of anilines is 1. The minimum absolute atomic E-state index is 0.0599. The Morgan fingerprint density at radius 3 is 2.78 bits per heavy atom. The summed E-state index contributed by atoms with van der Waals surface area (Å²) >= 11 is 0. The van der Waals surface area contributed by atoms with Crippen molar-refractivity contribution in [2.24, 2.45) is 0 Å². The van der Waals surface area contributed by atoms with Gasteiger partial charge < -0.3 is 19.4 Å². The quantitative estimate of drug-likeness (QED) is 0.917. The minimum Gasteiger partial charge on any atom is -0.446 e. The Labute approximate surface area is 135 Å². The van der Waals surface area contributed by atoms with Crippen LogP contribution in [0, 0.1) is 0 Å². The van der Waals surface area contributed by atoms with E-state index in [1.807, 2.05) is 26.8 Å².